The number of thiazole rings is 1. The lowest BCUT2D eigenvalue weighted by molar-refractivity contribution is 0.0666. The van der Waals surface area contributed by atoms with Gasteiger partial charge in [-0.25, -0.2) is 4.98 Å². The summed E-state index contributed by atoms with van der Waals surface area (Å²) in [5.74, 6) is 0.0515. The summed E-state index contributed by atoms with van der Waals surface area (Å²) in [6.45, 7) is 5.19. The molecule has 0 radical (unpaired) electrons. The molecule has 0 unspecified atom stereocenters. The van der Waals surface area contributed by atoms with Crippen molar-refractivity contribution in [1.29, 1.82) is 5.26 Å². The zero-order valence-corrected chi connectivity index (χ0v) is 10.9. The van der Waals surface area contributed by atoms with Gasteiger partial charge in [-0.05, 0) is 26.7 Å². The smallest absolute Gasteiger partial charge is 0.265 e. The zero-order valence-electron chi connectivity index (χ0n) is 10.1. The van der Waals surface area contributed by atoms with E-state index in [1.807, 2.05) is 18.7 Å². The van der Waals surface area contributed by atoms with Crippen molar-refractivity contribution >= 4 is 17.2 Å². The Labute approximate surface area is 105 Å². The van der Waals surface area contributed by atoms with Crippen LogP contribution in [-0.4, -0.2) is 28.9 Å². The summed E-state index contributed by atoms with van der Waals surface area (Å²) >= 11 is 1.43. The molecule has 1 saturated heterocycles. The van der Waals surface area contributed by atoms with Gasteiger partial charge in [0.2, 0.25) is 0 Å². The first-order valence-corrected chi connectivity index (χ1v) is 6.49. The molecule has 0 aromatic carbocycles. The van der Waals surface area contributed by atoms with Crippen LogP contribution in [0.3, 0.4) is 0 Å². The normalized spacial score (nSPS) is 18.8. The Kier molecular flexibility index (Phi) is 3.16. The van der Waals surface area contributed by atoms with Gasteiger partial charge in [0.25, 0.3) is 5.91 Å². The van der Waals surface area contributed by atoms with Crippen LogP contribution in [0.25, 0.3) is 0 Å². The molecule has 90 valence electrons. The van der Waals surface area contributed by atoms with Gasteiger partial charge in [-0.15, -0.1) is 11.3 Å². The lowest BCUT2D eigenvalue weighted by atomic mass is 9.82. The average molecular weight is 249 g/mol. The summed E-state index contributed by atoms with van der Waals surface area (Å²) in [5.41, 5.74) is -0.263. The van der Waals surface area contributed by atoms with Gasteiger partial charge in [0, 0.05) is 13.1 Å². The van der Waals surface area contributed by atoms with Gasteiger partial charge in [0.05, 0.1) is 22.7 Å². The van der Waals surface area contributed by atoms with Gasteiger partial charge < -0.3 is 4.90 Å². The van der Waals surface area contributed by atoms with Crippen molar-refractivity contribution < 1.29 is 4.79 Å². The molecule has 1 aromatic heterocycles. The Hall–Kier alpha value is -1.41. The minimum absolute atomic E-state index is 0.0515. The second-order valence-corrected chi connectivity index (χ2v) is 5.94. The Morgan fingerprint density at radius 3 is 2.71 bits per heavy atom. The van der Waals surface area contributed by atoms with Crippen LogP contribution < -0.4 is 0 Å². The van der Waals surface area contributed by atoms with Crippen LogP contribution in [0.4, 0.5) is 0 Å². The number of carbonyl (C=O) groups excluding carboxylic acids is 1. The van der Waals surface area contributed by atoms with Gasteiger partial charge in [-0.1, -0.05) is 0 Å². The van der Waals surface area contributed by atoms with Crippen LogP contribution in [0.15, 0.2) is 6.20 Å². The molecule has 2 heterocycles. The van der Waals surface area contributed by atoms with Crippen molar-refractivity contribution in [2.45, 2.75) is 26.7 Å². The molecule has 0 bridgehead atoms. The predicted molar refractivity (Wildman–Crippen MR) is 65.7 cm³/mol. The standard InChI is InChI=1S/C12H15N3OS/c1-9-14-7-10(17-9)11(16)15-5-3-12(2,8-13)4-6-15/h7H,3-6H2,1-2H3. The quantitative estimate of drug-likeness (QED) is 0.766. The largest absolute Gasteiger partial charge is 0.338 e. The Bertz CT molecular complexity index is 466. The molecule has 1 aromatic rings. The molecule has 2 rings (SSSR count). The predicted octanol–water partition coefficient (Wildman–Crippen LogP) is 2.22. The number of aromatic nitrogens is 1. The summed E-state index contributed by atoms with van der Waals surface area (Å²) < 4.78 is 0. The molecule has 17 heavy (non-hydrogen) atoms. The van der Waals surface area contributed by atoms with Gasteiger partial charge in [0.15, 0.2) is 0 Å². The maximum Gasteiger partial charge on any atom is 0.265 e. The van der Waals surface area contributed by atoms with Crippen LogP contribution >= 0.6 is 11.3 Å². The minimum Gasteiger partial charge on any atom is -0.338 e. The molecule has 4 nitrogen and oxygen atoms in total. The molecule has 0 spiro atoms. The number of amides is 1. The van der Waals surface area contributed by atoms with Crippen molar-refractivity contribution in [3.63, 3.8) is 0 Å². The second kappa shape index (κ2) is 4.46. The first-order valence-electron chi connectivity index (χ1n) is 5.67. The Morgan fingerprint density at radius 1 is 1.59 bits per heavy atom. The van der Waals surface area contributed by atoms with E-state index in [2.05, 4.69) is 11.1 Å². The number of piperidine rings is 1. The first-order chi connectivity index (χ1) is 8.04. The summed E-state index contributed by atoms with van der Waals surface area (Å²) in [6, 6.07) is 2.34. The topological polar surface area (TPSA) is 57.0 Å². The third-order valence-corrected chi connectivity index (χ3v) is 4.16. The van der Waals surface area contributed by atoms with E-state index in [-0.39, 0.29) is 11.3 Å². The number of aryl methyl sites for hydroxylation is 1. The molecule has 1 amide bonds. The van der Waals surface area contributed by atoms with E-state index in [0.29, 0.717) is 18.0 Å². The highest BCUT2D eigenvalue weighted by Gasteiger charge is 2.32. The fourth-order valence-electron chi connectivity index (χ4n) is 1.93. The van der Waals surface area contributed by atoms with E-state index in [0.717, 1.165) is 17.8 Å². The minimum atomic E-state index is -0.263. The number of hydrogen-bond acceptors (Lipinski definition) is 4. The van der Waals surface area contributed by atoms with E-state index in [1.54, 1.807) is 6.20 Å². The molecule has 0 aliphatic carbocycles. The molecule has 1 fully saturated rings. The number of carbonyl (C=O) groups is 1. The molecular formula is C12H15N3OS. The van der Waals surface area contributed by atoms with Gasteiger partial charge in [0.1, 0.15) is 4.88 Å². The van der Waals surface area contributed by atoms with Crippen molar-refractivity contribution in [3.8, 4) is 6.07 Å². The first kappa shape index (κ1) is 12.1. The summed E-state index contributed by atoms with van der Waals surface area (Å²) in [7, 11) is 0. The summed E-state index contributed by atoms with van der Waals surface area (Å²) in [5, 5.41) is 9.94. The van der Waals surface area contributed by atoms with Crippen LogP contribution in [0, 0.1) is 23.7 Å². The lowest BCUT2D eigenvalue weighted by Crippen LogP contribution is -2.41. The van der Waals surface area contributed by atoms with Gasteiger partial charge in [-0.2, -0.15) is 5.26 Å². The molecule has 0 saturated carbocycles. The highest BCUT2D eigenvalue weighted by Crippen LogP contribution is 2.30. The third-order valence-electron chi connectivity index (χ3n) is 3.26. The van der Waals surface area contributed by atoms with Crippen LogP contribution in [0.5, 0.6) is 0 Å². The van der Waals surface area contributed by atoms with Crippen LogP contribution in [-0.2, 0) is 0 Å². The number of hydrogen-bond donors (Lipinski definition) is 0. The maximum atomic E-state index is 12.1. The lowest BCUT2D eigenvalue weighted by Gasteiger charge is -2.34. The monoisotopic (exact) mass is 249 g/mol. The highest BCUT2D eigenvalue weighted by molar-refractivity contribution is 7.13. The molecular weight excluding hydrogens is 234 g/mol. The molecule has 1 aliphatic rings. The molecule has 0 N–H and O–H groups in total. The third kappa shape index (κ3) is 2.47. The van der Waals surface area contributed by atoms with Crippen molar-refractivity contribution in [2.75, 3.05) is 13.1 Å². The fourth-order valence-corrected chi connectivity index (χ4v) is 2.68. The van der Waals surface area contributed by atoms with Crippen molar-refractivity contribution in [1.82, 2.24) is 9.88 Å². The Morgan fingerprint density at radius 2 is 2.24 bits per heavy atom. The van der Waals surface area contributed by atoms with Gasteiger partial charge >= 0.3 is 0 Å². The van der Waals surface area contributed by atoms with E-state index in [1.165, 1.54) is 11.3 Å². The number of nitriles is 1. The van der Waals surface area contributed by atoms with E-state index < -0.39 is 0 Å². The van der Waals surface area contributed by atoms with E-state index in [9.17, 15) is 4.79 Å². The van der Waals surface area contributed by atoms with Gasteiger partial charge in [-0.3, -0.25) is 4.79 Å². The molecule has 0 atom stereocenters. The number of nitrogens with zero attached hydrogens (tertiary/aromatic N) is 3. The Balaban J connectivity index is 2.02. The average Bonchev–Trinajstić information content (AvgIpc) is 2.76. The van der Waals surface area contributed by atoms with E-state index in [4.69, 9.17) is 5.26 Å². The summed E-state index contributed by atoms with van der Waals surface area (Å²) in [4.78, 5) is 18.7. The maximum absolute atomic E-state index is 12.1. The summed E-state index contributed by atoms with van der Waals surface area (Å²) in [6.07, 6.45) is 3.15. The van der Waals surface area contributed by atoms with Crippen LogP contribution in [0.2, 0.25) is 0 Å². The second-order valence-electron chi connectivity index (χ2n) is 4.71. The zero-order chi connectivity index (χ0) is 12.5. The molecule has 1 aliphatic heterocycles. The number of likely N-dealkylation sites (tertiary alicyclic amines) is 1. The number of rotatable bonds is 1. The fraction of sp³-hybridized carbons (Fsp3) is 0.583. The molecule has 5 heteroatoms. The van der Waals surface area contributed by atoms with E-state index >= 15 is 0 Å². The SMILES string of the molecule is Cc1ncc(C(=O)N2CCC(C)(C#N)CC2)s1. The van der Waals surface area contributed by atoms with Crippen molar-refractivity contribution in [2.24, 2.45) is 5.41 Å². The van der Waals surface area contributed by atoms with Crippen molar-refractivity contribution in [3.05, 3.63) is 16.1 Å². The van der Waals surface area contributed by atoms with Crippen LogP contribution in [0.1, 0.15) is 34.4 Å². The highest BCUT2D eigenvalue weighted by atomic mass is 32.1.